The average Bonchev–Trinajstić information content (AvgIpc) is 3.21. The van der Waals surface area contributed by atoms with Gasteiger partial charge >= 0.3 is 5.97 Å². The van der Waals surface area contributed by atoms with Gasteiger partial charge < -0.3 is 15.5 Å². The molecule has 168 valence electrons. The number of nitrogens with zero attached hydrogens (tertiary/aromatic N) is 3. The normalized spacial score (nSPS) is 25.5. The van der Waals surface area contributed by atoms with E-state index in [1.807, 2.05) is 45.9 Å². The van der Waals surface area contributed by atoms with Crippen molar-refractivity contribution in [2.75, 3.05) is 5.32 Å². The molecule has 7 nitrogen and oxygen atoms in total. The van der Waals surface area contributed by atoms with Crippen LogP contribution in [0.4, 0.5) is 11.6 Å². The molecule has 0 saturated heterocycles. The summed E-state index contributed by atoms with van der Waals surface area (Å²) in [5.41, 5.74) is 2.72. The minimum absolute atomic E-state index is 0.120. The van der Waals surface area contributed by atoms with Crippen LogP contribution in [0.3, 0.4) is 0 Å². The van der Waals surface area contributed by atoms with Gasteiger partial charge in [0, 0.05) is 23.8 Å². The Morgan fingerprint density at radius 2 is 2.00 bits per heavy atom. The van der Waals surface area contributed by atoms with Crippen LogP contribution in [0.25, 0.3) is 10.4 Å². The number of carboxylic acid groups (broad SMARTS) is 1. The number of carboxylic acids is 1. The van der Waals surface area contributed by atoms with Gasteiger partial charge in [0.15, 0.2) is 0 Å². The smallest absolute Gasteiger partial charge is 0.306 e. The summed E-state index contributed by atoms with van der Waals surface area (Å²) < 4.78 is 0. The molecule has 1 aromatic carbocycles. The predicted octanol–water partition coefficient (Wildman–Crippen LogP) is 4.91. The van der Waals surface area contributed by atoms with Crippen LogP contribution < -0.4 is 5.32 Å². The minimum atomic E-state index is -1.12. The van der Waals surface area contributed by atoms with E-state index >= 15 is 0 Å². The predicted molar refractivity (Wildman–Crippen MR) is 125 cm³/mol. The third kappa shape index (κ3) is 4.38. The molecule has 0 spiro atoms. The highest BCUT2D eigenvalue weighted by Gasteiger charge is 2.48. The Morgan fingerprint density at radius 3 is 2.72 bits per heavy atom. The van der Waals surface area contributed by atoms with E-state index in [1.165, 1.54) is 11.3 Å². The molecule has 8 heteroatoms. The molecule has 4 atom stereocenters. The van der Waals surface area contributed by atoms with Crippen LogP contribution in [0, 0.1) is 31.6 Å². The van der Waals surface area contributed by atoms with Crippen molar-refractivity contribution in [2.24, 2.45) is 17.8 Å². The van der Waals surface area contributed by atoms with Gasteiger partial charge in [0.2, 0.25) is 5.95 Å². The first kappa shape index (κ1) is 22.4. The van der Waals surface area contributed by atoms with Crippen LogP contribution in [0.2, 0.25) is 0 Å². The van der Waals surface area contributed by atoms with E-state index in [0.29, 0.717) is 23.8 Å². The fourth-order valence-electron chi connectivity index (χ4n) is 4.53. The number of carbonyl (C=O) groups is 1. The van der Waals surface area contributed by atoms with E-state index in [2.05, 4.69) is 26.3 Å². The number of hydrogen-bond donors (Lipinski definition) is 3. The Labute approximate surface area is 191 Å². The SMILES string of the molecule is Cc1cc(Nc2nccc(C)n2)cc(-c2cnc(C3(O)CC(C)C(C(=O)O)CC3C)s2)c1. The molecule has 0 radical (unpaired) electrons. The molecule has 1 aliphatic carbocycles. The van der Waals surface area contributed by atoms with Crippen LogP contribution in [-0.4, -0.2) is 31.1 Å². The summed E-state index contributed by atoms with van der Waals surface area (Å²) >= 11 is 1.47. The topological polar surface area (TPSA) is 108 Å². The molecule has 3 N–H and O–H groups in total. The lowest BCUT2D eigenvalue weighted by atomic mass is 9.67. The summed E-state index contributed by atoms with van der Waals surface area (Å²) in [4.78, 5) is 25.7. The van der Waals surface area contributed by atoms with Crippen molar-refractivity contribution in [1.29, 1.82) is 0 Å². The van der Waals surface area contributed by atoms with Gasteiger partial charge in [-0.05, 0) is 67.9 Å². The monoisotopic (exact) mass is 452 g/mol. The van der Waals surface area contributed by atoms with Gasteiger partial charge in [0.05, 0.1) is 10.8 Å². The fraction of sp³-hybridized carbons (Fsp3) is 0.417. The van der Waals surface area contributed by atoms with Crippen molar-refractivity contribution >= 4 is 28.9 Å². The summed E-state index contributed by atoms with van der Waals surface area (Å²) in [5, 5.41) is 24.9. The largest absolute Gasteiger partial charge is 0.481 e. The van der Waals surface area contributed by atoms with Gasteiger partial charge in [-0.3, -0.25) is 4.79 Å². The Bertz CT molecular complexity index is 1150. The highest BCUT2D eigenvalue weighted by Crippen LogP contribution is 2.48. The van der Waals surface area contributed by atoms with Crippen molar-refractivity contribution in [2.45, 2.75) is 46.1 Å². The van der Waals surface area contributed by atoms with Gasteiger partial charge in [-0.15, -0.1) is 11.3 Å². The third-order valence-corrected chi connectivity index (χ3v) is 7.56. The maximum absolute atomic E-state index is 11.6. The Balaban J connectivity index is 1.61. The Kier molecular flexibility index (Phi) is 6.01. The van der Waals surface area contributed by atoms with E-state index in [-0.39, 0.29) is 11.8 Å². The number of benzene rings is 1. The van der Waals surface area contributed by atoms with Crippen molar-refractivity contribution in [3.05, 3.63) is 52.9 Å². The number of rotatable bonds is 5. The zero-order chi connectivity index (χ0) is 23.0. The molecule has 32 heavy (non-hydrogen) atoms. The van der Waals surface area contributed by atoms with Crippen LogP contribution >= 0.6 is 11.3 Å². The minimum Gasteiger partial charge on any atom is -0.481 e. The number of aryl methyl sites for hydroxylation is 2. The van der Waals surface area contributed by atoms with E-state index in [4.69, 9.17) is 0 Å². The van der Waals surface area contributed by atoms with Crippen LogP contribution in [0.5, 0.6) is 0 Å². The number of aromatic nitrogens is 3. The number of thiazole rings is 1. The molecule has 0 aliphatic heterocycles. The van der Waals surface area contributed by atoms with Gasteiger partial charge in [-0.25, -0.2) is 15.0 Å². The first-order valence-electron chi connectivity index (χ1n) is 10.8. The van der Waals surface area contributed by atoms with Crippen molar-refractivity contribution in [3.63, 3.8) is 0 Å². The highest BCUT2D eigenvalue weighted by molar-refractivity contribution is 7.15. The molecule has 1 fully saturated rings. The maximum atomic E-state index is 11.6. The molecule has 3 aromatic rings. The van der Waals surface area contributed by atoms with Crippen molar-refractivity contribution in [1.82, 2.24) is 15.0 Å². The second-order valence-electron chi connectivity index (χ2n) is 8.95. The highest BCUT2D eigenvalue weighted by atomic mass is 32.1. The molecule has 0 bridgehead atoms. The molecule has 0 amide bonds. The number of aliphatic carboxylic acids is 1. The summed E-state index contributed by atoms with van der Waals surface area (Å²) in [5.74, 6) is -0.987. The number of nitrogens with one attached hydrogen (secondary N) is 1. The quantitative estimate of drug-likeness (QED) is 0.504. The first-order chi connectivity index (χ1) is 15.2. The zero-order valence-electron chi connectivity index (χ0n) is 18.7. The standard InChI is InChI=1S/C24H28N4O3S/c1-13-7-17(10-18(8-13)28-23-25-6-5-16(4)27-23)20-12-26-22(32-20)24(31)11-14(2)19(21(29)30)9-15(24)3/h5-8,10,12,14-15,19,31H,9,11H2,1-4H3,(H,29,30)(H,25,27,28). The number of anilines is 2. The lowest BCUT2D eigenvalue weighted by Crippen LogP contribution is -2.44. The van der Waals surface area contributed by atoms with Gasteiger partial charge in [-0.1, -0.05) is 19.9 Å². The Hall–Kier alpha value is -2.84. The number of aliphatic hydroxyl groups is 1. The van der Waals surface area contributed by atoms with Gasteiger partial charge in [0.1, 0.15) is 10.6 Å². The zero-order valence-corrected chi connectivity index (χ0v) is 19.5. The van der Waals surface area contributed by atoms with E-state index in [1.54, 1.807) is 12.4 Å². The molecule has 1 saturated carbocycles. The lowest BCUT2D eigenvalue weighted by molar-refractivity contribution is -0.152. The summed E-state index contributed by atoms with van der Waals surface area (Å²) in [6.07, 6.45) is 4.35. The van der Waals surface area contributed by atoms with Gasteiger partial charge in [-0.2, -0.15) is 0 Å². The van der Waals surface area contributed by atoms with E-state index in [9.17, 15) is 15.0 Å². The molecule has 4 rings (SSSR count). The molecular formula is C24H28N4O3S. The van der Waals surface area contributed by atoms with Crippen LogP contribution in [0.1, 0.15) is 43.0 Å². The van der Waals surface area contributed by atoms with Crippen molar-refractivity contribution in [3.8, 4) is 10.4 Å². The summed E-state index contributed by atoms with van der Waals surface area (Å²) in [7, 11) is 0. The van der Waals surface area contributed by atoms with E-state index in [0.717, 1.165) is 27.4 Å². The fourth-order valence-corrected chi connectivity index (χ4v) is 5.64. The first-order valence-corrected chi connectivity index (χ1v) is 11.6. The third-order valence-electron chi connectivity index (χ3n) is 6.35. The molecular weight excluding hydrogens is 424 g/mol. The van der Waals surface area contributed by atoms with Crippen LogP contribution in [0.15, 0.2) is 36.7 Å². The molecule has 2 aromatic heterocycles. The summed E-state index contributed by atoms with van der Waals surface area (Å²) in [6, 6.07) is 7.98. The number of hydrogen-bond acceptors (Lipinski definition) is 7. The molecule has 4 unspecified atom stereocenters. The summed E-state index contributed by atoms with van der Waals surface area (Å²) in [6.45, 7) is 7.76. The van der Waals surface area contributed by atoms with E-state index < -0.39 is 17.5 Å². The molecule has 1 aliphatic rings. The second-order valence-corrected chi connectivity index (χ2v) is 9.98. The maximum Gasteiger partial charge on any atom is 0.306 e. The molecule has 2 heterocycles. The van der Waals surface area contributed by atoms with Crippen LogP contribution in [-0.2, 0) is 10.4 Å². The Morgan fingerprint density at radius 1 is 1.22 bits per heavy atom. The lowest BCUT2D eigenvalue weighted by Gasteiger charge is -2.42. The van der Waals surface area contributed by atoms with Crippen molar-refractivity contribution < 1.29 is 15.0 Å². The van der Waals surface area contributed by atoms with Gasteiger partial charge in [0.25, 0.3) is 0 Å². The second kappa shape index (κ2) is 8.60. The average molecular weight is 453 g/mol.